The van der Waals surface area contributed by atoms with Crippen molar-refractivity contribution in [3.8, 4) is 0 Å². The summed E-state index contributed by atoms with van der Waals surface area (Å²) in [5.41, 5.74) is 0.189. The van der Waals surface area contributed by atoms with Crippen molar-refractivity contribution in [1.82, 2.24) is 4.98 Å². The van der Waals surface area contributed by atoms with Gasteiger partial charge in [0.05, 0.1) is 6.61 Å². The number of aliphatic carboxylic acids is 1. The summed E-state index contributed by atoms with van der Waals surface area (Å²) in [6.45, 7) is 1.26. The van der Waals surface area contributed by atoms with E-state index in [1.165, 1.54) is 6.07 Å². The predicted molar refractivity (Wildman–Crippen MR) is 85.1 cm³/mol. The van der Waals surface area contributed by atoms with Gasteiger partial charge in [0.1, 0.15) is 11.5 Å². The second-order valence-electron chi connectivity index (χ2n) is 5.16. The zero-order valence-electron chi connectivity index (χ0n) is 13.2. The summed E-state index contributed by atoms with van der Waals surface area (Å²) < 4.78 is 32.4. The van der Waals surface area contributed by atoms with Crippen LogP contribution in [0.4, 0.5) is 14.6 Å². The highest BCUT2D eigenvalue weighted by Crippen LogP contribution is 2.28. The predicted octanol–water partition coefficient (Wildman–Crippen LogP) is 2.91. The first-order valence-electron chi connectivity index (χ1n) is 7.31. The number of hydrogen-bond acceptors (Lipinski definition) is 4. The van der Waals surface area contributed by atoms with Crippen LogP contribution in [0.15, 0.2) is 48.5 Å². The summed E-state index contributed by atoms with van der Waals surface area (Å²) in [6.07, 6.45) is 0. The summed E-state index contributed by atoms with van der Waals surface area (Å²) in [5, 5.41) is 8.68. The molecule has 7 heteroatoms. The molecule has 0 aliphatic heterocycles. The first-order valence-corrected chi connectivity index (χ1v) is 7.31. The molecule has 0 aliphatic carbocycles. The smallest absolute Gasteiger partial charge is 0.384 e. The Morgan fingerprint density at radius 3 is 2.54 bits per heavy atom. The maximum atomic E-state index is 13.7. The third kappa shape index (κ3) is 4.26. The number of carboxylic acid groups (broad SMARTS) is 1. The van der Waals surface area contributed by atoms with Crippen LogP contribution in [-0.2, 0) is 22.0 Å². The number of carbonyl (C=O) groups is 1. The molecule has 0 aliphatic rings. The van der Waals surface area contributed by atoms with Crippen molar-refractivity contribution in [1.29, 1.82) is 0 Å². The Labute approximate surface area is 138 Å². The molecule has 1 aromatic carbocycles. The van der Waals surface area contributed by atoms with Crippen LogP contribution in [0.5, 0.6) is 0 Å². The molecule has 0 spiro atoms. The Morgan fingerprint density at radius 2 is 1.92 bits per heavy atom. The number of methoxy groups -OCH3 is 1. The molecule has 1 aromatic heterocycles. The number of benzene rings is 1. The molecule has 2 aromatic rings. The summed E-state index contributed by atoms with van der Waals surface area (Å²) in [6, 6.07) is 13.4. The summed E-state index contributed by atoms with van der Waals surface area (Å²) in [4.78, 5) is 16.4. The molecule has 0 unspecified atom stereocenters. The molecule has 0 saturated heterocycles. The van der Waals surface area contributed by atoms with Gasteiger partial charge in [0.2, 0.25) is 0 Å². The largest absolute Gasteiger partial charge is 0.476 e. The summed E-state index contributed by atoms with van der Waals surface area (Å²) >= 11 is 0. The molecule has 0 radical (unpaired) electrons. The third-order valence-corrected chi connectivity index (χ3v) is 3.43. The molecule has 24 heavy (non-hydrogen) atoms. The normalized spacial score (nSPS) is 11.3. The molecule has 0 atom stereocenters. The van der Waals surface area contributed by atoms with E-state index in [0.29, 0.717) is 19.7 Å². The van der Waals surface area contributed by atoms with E-state index < -0.39 is 17.6 Å². The highest BCUT2D eigenvalue weighted by molar-refractivity contribution is 5.76. The van der Waals surface area contributed by atoms with Crippen molar-refractivity contribution in [3.63, 3.8) is 0 Å². The van der Waals surface area contributed by atoms with Gasteiger partial charge in [-0.1, -0.05) is 36.4 Å². The lowest BCUT2D eigenvalue weighted by molar-refractivity contribution is -0.166. The zero-order chi connectivity index (χ0) is 17.6. The third-order valence-electron chi connectivity index (χ3n) is 3.43. The van der Waals surface area contributed by atoms with Crippen molar-refractivity contribution >= 4 is 11.8 Å². The minimum atomic E-state index is -4.03. The van der Waals surface area contributed by atoms with Crippen molar-refractivity contribution < 1.29 is 23.4 Å². The van der Waals surface area contributed by atoms with Gasteiger partial charge in [-0.05, 0) is 17.7 Å². The zero-order valence-corrected chi connectivity index (χ0v) is 13.2. The average molecular weight is 336 g/mol. The maximum absolute atomic E-state index is 13.7. The molecule has 1 heterocycles. The number of rotatable bonds is 8. The van der Waals surface area contributed by atoms with Gasteiger partial charge in [0.25, 0.3) is 0 Å². The quantitative estimate of drug-likeness (QED) is 0.803. The van der Waals surface area contributed by atoms with E-state index >= 15 is 0 Å². The maximum Gasteiger partial charge on any atom is 0.384 e. The highest BCUT2D eigenvalue weighted by Gasteiger charge is 2.42. The first-order chi connectivity index (χ1) is 11.4. The number of anilines is 1. The van der Waals surface area contributed by atoms with Crippen LogP contribution in [0.1, 0.15) is 11.3 Å². The van der Waals surface area contributed by atoms with Crippen LogP contribution in [0, 0.1) is 0 Å². The molecular formula is C17H18F2N2O3. The van der Waals surface area contributed by atoms with Crippen LogP contribution >= 0.6 is 0 Å². The number of ether oxygens (including phenoxy) is 1. The number of pyridine rings is 1. The van der Waals surface area contributed by atoms with Gasteiger partial charge in [0, 0.05) is 20.2 Å². The van der Waals surface area contributed by atoms with Gasteiger partial charge in [-0.25, -0.2) is 9.78 Å². The Bertz CT molecular complexity index is 681. The molecule has 2 rings (SSSR count). The van der Waals surface area contributed by atoms with Gasteiger partial charge in [-0.3, -0.25) is 0 Å². The van der Waals surface area contributed by atoms with Crippen LogP contribution in [0.3, 0.4) is 0 Å². The number of aromatic nitrogens is 1. The lowest BCUT2D eigenvalue weighted by Crippen LogP contribution is -2.30. The van der Waals surface area contributed by atoms with E-state index in [2.05, 4.69) is 4.98 Å². The Balaban J connectivity index is 2.30. The van der Waals surface area contributed by atoms with Crippen molar-refractivity contribution in [2.24, 2.45) is 0 Å². The number of carboxylic acids is 1. The molecule has 1 N–H and O–H groups in total. The summed E-state index contributed by atoms with van der Waals surface area (Å²) in [5.74, 6) is -5.98. The second kappa shape index (κ2) is 7.83. The second-order valence-corrected chi connectivity index (χ2v) is 5.16. The topological polar surface area (TPSA) is 62.7 Å². The van der Waals surface area contributed by atoms with E-state index in [4.69, 9.17) is 9.84 Å². The van der Waals surface area contributed by atoms with Crippen molar-refractivity contribution in [2.75, 3.05) is 25.2 Å². The number of alkyl halides is 2. The highest BCUT2D eigenvalue weighted by atomic mass is 19.3. The van der Waals surface area contributed by atoms with Gasteiger partial charge >= 0.3 is 11.9 Å². The van der Waals surface area contributed by atoms with Crippen LogP contribution in [0.2, 0.25) is 0 Å². The van der Waals surface area contributed by atoms with E-state index in [0.717, 1.165) is 11.6 Å². The van der Waals surface area contributed by atoms with Crippen LogP contribution < -0.4 is 4.90 Å². The summed E-state index contributed by atoms with van der Waals surface area (Å²) in [7, 11) is 1.54. The monoisotopic (exact) mass is 336 g/mol. The van der Waals surface area contributed by atoms with E-state index in [1.54, 1.807) is 18.1 Å². The first kappa shape index (κ1) is 17.8. The fourth-order valence-corrected chi connectivity index (χ4v) is 2.16. The Kier molecular flexibility index (Phi) is 5.81. The number of hydrogen-bond donors (Lipinski definition) is 1. The molecule has 0 bridgehead atoms. The van der Waals surface area contributed by atoms with Crippen molar-refractivity contribution in [3.05, 3.63) is 59.8 Å². The van der Waals surface area contributed by atoms with Crippen molar-refractivity contribution in [2.45, 2.75) is 12.5 Å². The standard InChI is InChI=1S/C17H18F2N2O3/c1-24-11-10-21(12-13-6-3-2-4-7-13)15-9-5-8-14(20-15)17(18,19)16(22)23/h2-9H,10-12H2,1H3,(H,22,23). The van der Waals surface area contributed by atoms with Crippen LogP contribution in [-0.4, -0.2) is 36.3 Å². The Hall–Kier alpha value is -2.54. The van der Waals surface area contributed by atoms with E-state index in [-0.39, 0.29) is 5.82 Å². The number of nitrogens with zero attached hydrogens (tertiary/aromatic N) is 2. The SMILES string of the molecule is COCCN(Cc1ccccc1)c1cccc(C(F)(F)C(=O)O)n1. The lowest BCUT2D eigenvalue weighted by atomic mass is 10.2. The van der Waals surface area contributed by atoms with Gasteiger partial charge < -0.3 is 14.7 Å². The number of halogens is 2. The van der Waals surface area contributed by atoms with Gasteiger partial charge in [-0.2, -0.15) is 8.78 Å². The molecule has 0 saturated carbocycles. The van der Waals surface area contributed by atoms with Gasteiger partial charge in [0.15, 0.2) is 0 Å². The minimum absolute atomic E-state index is 0.273. The minimum Gasteiger partial charge on any atom is -0.476 e. The molecule has 5 nitrogen and oxygen atoms in total. The lowest BCUT2D eigenvalue weighted by Gasteiger charge is -2.24. The van der Waals surface area contributed by atoms with Crippen LogP contribution in [0.25, 0.3) is 0 Å². The average Bonchev–Trinajstić information content (AvgIpc) is 2.59. The van der Waals surface area contributed by atoms with E-state index in [1.807, 2.05) is 30.3 Å². The molecule has 128 valence electrons. The van der Waals surface area contributed by atoms with E-state index in [9.17, 15) is 13.6 Å². The van der Waals surface area contributed by atoms with Gasteiger partial charge in [-0.15, -0.1) is 0 Å². The molecular weight excluding hydrogens is 318 g/mol. The Morgan fingerprint density at radius 1 is 1.21 bits per heavy atom. The molecule has 0 amide bonds. The fourth-order valence-electron chi connectivity index (χ4n) is 2.16. The molecule has 0 fully saturated rings. The fraction of sp³-hybridized carbons (Fsp3) is 0.294.